The van der Waals surface area contributed by atoms with Crippen molar-refractivity contribution in [1.29, 1.82) is 0 Å². The van der Waals surface area contributed by atoms with E-state index >= 15 is 0 Å². The van der Waals surface area contributed by atoms with Gasteiger partial charge < -0.3 is 25.3 Å². The fourth-order valence-corrected chi connectivity index (χ4v) is 4.74. The lowest BCUT2D eigenvalue weighted by Gasteiger charge is -2.25. The van der Waals surface area contributed by atoms with E-state index in [0.717, 1.165) is 62.7 Å². The molecule has 1 saturated heterocycles. The first kappa shape index (κ1) is 24.7. The second kappa shape index (κ2) is 11.4. The van der Waals surface area contributed by atoms with E-state index in [0.29, 0.717) is 17.1 Å². The van der Waals surface area contributed by atoms with E-state index in [1.807, 2.05) is 24.4 Å². The number of likely N-dealkylation sites (N-methyl/N-ethyl adjacent to an activating group) is 1. The van der Waals surface area contributed by atoms with Crippen LogP contribution in [-0.2, 0) is 6.54 Å². The lowest BCUT2D eigenvalue weighted by Crippen LogP contribution is -2.36. The van der Waals surface area contributed by atoms with Gasteiger partial charge in [-0.05, 0) is 49.3 Å². The Kier molecular flexibility index (Phi) is 7.62. The summed E-state index contributed by atoms with van der Waals surface area (Å²) in [5.74, 6) is 1.90. The number of primary amides is 1. The average Bonchev–Trinajstić information content (AvgIpc) is 3.23. The Morgan fingerprint density at radius 3 is 2.62 bits per heavy atom. The number of nitrogens with two attached hydrogens (primary N) is 1. The predicted octanol–water partition coefficient (Wildman–Crippen LogP) is 3.73. The summed E-state index contributed by atoms with van der Waals surface area (Å²) in [6.07, 6.45) is 2.13. The van der Waals surface area contributed by atoms with Crippen LogP contribution in [-0.4, -0.2) is 77.2 Å². The summed E-state index contributed by atoms with van der Waals surface area (Å²) in [4.78, 5) is 31.0. The van der Waals surface area contributed by atoms with Gasteiger partial charge in [-0.3, -0.25) is 4.90 Å². The number of pyridine rings is 1. The minimum atomic E-state index is -0.865. The summed E-state index contributed by atoms with van der Waals surface area (Å²) in [5.41, 5.74) is 8.72. The van der Waals surface area contributed by atoms with Crippen LogP contribution in [0.25, 0.3) is 22.4 Å². The number of aromatic amines is 1. The van der Waals surface area contributed by atoms with Crippen molar-refractivity contribution in [1.82, 2.24) is 24.8 Å². The van der Waals surface area contributed by atoms with E-state index in [-0.39, 0.29) is 0 Å². The minimum absolute atomic E-state index is 0.327. The van der Waals surface area contributed by atoms with Crippen molar-refractivity contribution in [2.45, 2.75) is 13.0 Å². The number of aromatic nitrogens is 3. The zero-order valence-electron chi connectivity index (χ0n) is 21.1. The average molecular weight is 500 g/mol. The van der Waals surface area contributed by atoms with Crippen molar-refractivity contribution in [3.05, 3.63) is 72.4 Å². The van der Waals surface area contributed by atoms with Gasteiger partial charge in [-0.1, -0.05) is 36.4 Å². The molecule has 0 bridgehead atoms. The maximum absolute atomic E-state index is 11.2. The number of rotatable bonds is 8. The minimum Gasteiger partial charge on any atom is -0.408 e. The molecule has 1 aliphatic heterocycles. The number of ether oxygens (including phenoxy) is 1. The first-order chi connectivity index (χ1) is 18.0. The molecule has 37 heavy (non-hydrogen) atoms. The fourth-order valence-electron chi connectivity index (χ4n) is 4.74. The summed E-state index contributed by atoms with van der Waals surface area (Å²) >= 11 is 0. The van der Waals surface area contributed by atoms with Gasteiger partial charge in [-0.15, -0.1) is 0 Å². The molecule has 9 nitrogen and oxygen atoms in total. The number of para-hydroxylation sites is 1. The predicted molar refractivity (Wildman–Crippen MR) is 146 cm³/mol. The van der Waals surface area contributed by atoms with Crippen LogP contribution in [0.1, 0.15) is 12.0 Å². The SMILES string of the molecule is CN(CCN1CCCN(Cc2ccccc2)CC1)c1ccc(-c2nc3c(OC(N)=O)cccc3[nH]2)cn1. The quantitative estimate of drug-likeness (QED) is 0.381. The van der Waals surface area contributed by atoms with Gasteiger partial charge in [0.2, 0.25) is 0 Å². The number of nitrogens with zero attached hydrogens (tertiary/aromatic N) is 5. The molecule has 5 rings (SSSR count). The summed E-state index contributed by atoms with van der Waals surface area (Å²) in [5, 5.41) is 0. The number of carbonyl (C=O) groups excluding carboxylic acids is 1. The Labute approximate surface area is 216 Å². The molecular formula is C28H33N7O2. The standard InChI is InChI=1S/C28H33N7O2/c1-33(15-16-34-13-6-14-35(18-17-34)20-21-7-3-2-4-8-21)25-12-11-22(19-30-25)27-31-23-9-5-10-24(26(23)32-27)37-28(29)36/h2-5,7-12,19H,6,13-18,20H2,1H3,(H2,29,36)(H,31,32). The van der Waals surface area contributed by atoms with Gasteiger partial charge in [0.05, 0.1) is 5.52 Å². The maximum Gasteiger partial charge on any atom is 0.410 e. The fraction of sp³-hybridized carbons (Fsp3) is 0.321. The number of amides is 1. The monoisotopic (exact) mass is 499 g/mol. The van der Waals surface area contributed by atoms with Crippen molar-refractivity contribution in [2.75, 3.05) is 51.2 Å². The molecule has 4 aromatic rings. The molecule has 1 amide bonds. The normalized spacial score (nSPS) is 14.9. The van der Waals surface area contributed by atoms with Crippen molar-refractivity contribution in [3.8, 4) is 17.1 Å². The van der Waals surface area contributed by atoms with Crippen LogP contribution in [0.4, 0.5) is 10.6 Å². The van der Waals surface area contributed by atoms with E-state index < -0.39 is 6.09 Å². The highest BCUT2D eigenvalue weighted by Crippen LogP contribution is 2.27. The molecule has 0 spiro atoms. The highest BCUT2D eigenvalue weighted by molar-refractivity contribution is 5.87. The molecule has 3 N–H and O–H groups in total. The Bertz CT molecular complexity index is 1320. The van der Waals surface area contributed by atoms with E-state index in [2.05, 4.69) is 67.0 Å². The van der Waals surface area contributed by atoms with Crippen LogP contribution < -0.4 is 15.4 Å². The first-order valence-electron chi connectivity index (χ1n) is 12.7. The van der Waals surface area contributed by atoms with Gasteiger partial charge in [0.25, 0.3) is 0 Å². The molecule has 2 aromatic heterocycles. The van der Waals surface area contributed by atoms with Crippen molar-refractivity contribution >= 4 is 22.9 Å². The smallest absolute Gasteiger partial charge is 0.408 e. The first-order valence-corrected chi connectivity index (χ1v) is 12.7. The Morgan fingerprint density at radius 2 is 1.84 bits per heavy atom. The third kappa shape index (κ3) is 6.25. The molecule has 2 aromatic carbocycles. The number of carbonyl (C=O) groups is 1. The third-order valence-electron chi connectivity index (χ3n) is 6.78. The van der Waals surface area contributed by atoms with E-state index in [1.165, 1.54) is 12.0 Å². The van der Waals surface area contributed by atoms with Crippen molar-refractivity contribution < 1.29 is 9.53 Å². The third-order valence-corrected chi connectivity index (χ3v) is 6.78. The van der Waals surface area contributed by atoms with Crippen LogP contribution in [0.15, 0.2) is 66.9 Å². The second-order valence-corrected chi connectivity index (χ2v) is 9.44. The lowest BCUT2D eigenvalue weighted by atomic mass is 10.2. The number of hydrogen-bond donors (Lipinski definition) is 2. The molecule has 0 saturated carbocycles. The molecule has 192 valence electrons. The molecule has 0 radical (unpaired) electrons. The number of H-pyrrole nitrogens is 1. The van der Waals surface area contributed by atoms with Gasteiger partial charge in [0, 0.05) is 51.5 Å². The molecule has 1 fully saturated rings. The zero-order valence-corrected chi connectivity index (χ0v) is 21.1. The van der Waals surface area contributed by atoms with Gasteiger partial charge in [-0.2, -0.15) is 0 Å². The molecule has 0 unspecified atom stereocenters. The van der Waals surface area contributed by atoms with E-state index in [9.17, 15) is 4.79 Å². The van der Waals surface area contributed by atoms with Crippen LogP contribution in [0.3, 0.4) is 0 Å². The van der Waals surface area contributed by atoms with Crippen LogP contribution in [0.5, 0.6) is 5.75 Å². The summed E-state index contributed by atoms with van der Waals surface area (Å²) in [6.45, 7) is 7.38. The van der Waals surface area contributed by atoms with Crippen LogP contribution in [0, 0.1) is 0 Å². The van der Waals surface area contributed by atoms with Crippen molar-refractivity contribution in [3.63, 3.8) is 0 Å². The molecule has 1 aliphatic rings. The summed E-state index contributed by atoms with van der Waals surface area (Å²) < 4.78 is 5.07. The molecule has 0 aliphatic carbocycles. The number of nitrogens with one attached hydrogen (secondary N) is 1. The number of benzene rings is 2. The van der Waals surface area contributed by atoms with E-state index in [4.69, 9.17) is 10.5 Å². The largest absolute Gasteiger partial charge is 0.410 e. The van der Waals surface area contributed by atoms with Gasteiger partial charge in [-0.25, -0.2) is 14.8 Å². The zero-order chi connectivity index (χ0) is 25.6. The number of hydrogen-bond acceptors (Lipinski definition) is 7. The highest BCUT2D eigenvalue weighted by atomic mass is 16.5. The van der Waals surface area contributed by atoms with Crippen LogP contribution in [0.2, 0.25) is 0 Å². The molecule has 0 atom stereocenters. The summed E-state index contributed by atoms with van der Waals surface area (Å²) in [7, 11) is 2.08. The molecular weight excluding hydrogens is 466 g/mol. The Morgan fingerprint density at radius 1 is 1.03 bits per heavy atom. The van der Waals surface area contributed by atoms with Gasteiger partial charge >= 0.3 is 6.09 Å². The highest BCUT2D eigenvalue weighted by Gasteiger charge is 2.16. The van der Waals surface area contributed by atoms with Gasteiger partial charge in [0.15, 0.2) is 5.75 Å². The Balaban J connectivity index is 1.16. The number of fused-ring (bicyclic) bond motifs is 1. The lowest BCUT2D eigenvalue weighted by molar-refractivity contribution is 0.211. The van der Waals surface area contributed by atoms with Crippen molar-refractivity contribution in [2.24, 2.45) is 5.73 Å². The van der Waals surface area contributed by atoms with Crippen LogP contribution >= 0.6 is 0 Å². The number of anilines is 1. The molecule has 3 heterocycles. The topological polar surface area (TPSA) is 104 Å². The van der Waals surface area contributed by atoms with E-state index in [1.54, 1.807) is 12.1 Å². The Hall–Kier alpha value is -3.95. The maximum atomic E-state index is 11.2. The van der Waals surface area contributed by atoms with Gasteiger partial charge in [0.1, 0.15) is 17.2 Å². The second-order valence-electron chi connectivity index (χ2n) is 9.44. The molecule has 9 heteroatoms. The number of imidazole rings is 1. The summed E-state index contributed by atoms with van der Waals surface area (Å²) in [6, 6.07) is 20.0.